The Balaban J connectivity index is 1.36. The first-order valence-corrected chi connectivity index (χ1v) is 12.3. The number of nitrogens with one attached hydrogen (secondary N) is 1. The highest BCUT2D eigenvalue weighted by atomic mass is 32.2. The van der Waals surface area contributed by atoms with Gasteiger partial charge < -0.3 is 5.32 Å². The fraction of sp³-hybridized carbons (Fsp3) is 0.174. The summed E-state index contributed by atoms with van der Waals surface area (Å²) in [6.07, 6.45) is 0.627. The Morgan fingerprint density at radius 1 is 0.969 bits per heavy atom. The van der Waals surface area contributed by atoms with Gasteiger partial charge in [-0.05, 0) is 66.9 Å². The summed E-state index contributed by atoms with van der Waals surface area (Å²) in [5.41, 5.74) is 5.56. The van der Waals surface area contributed by atoms with E-state index in [0.29, 0.717) is 34.6 Å². The molecule has 0 bridgehead atoms. The number of hydrogen-bond acceptors (Lipinski definition) is 6. The summed E-state index contributed by atoms with van der Waals surface area (Å²) in [5, 5.41) is 2.91. The van der Waals surface area contributed by atoms with Crippen molar-refractivity contribution in [1.29, 1.82) is 0 Å². The minimum absolute atomic E-state index is 0.250. The van der Waals surface area contributed by atoms with Crippen LogP contribution in [0, 0.1) is 6.92 Å². The number of amides is 1. The zero-order valence-corrected chi connectivity index (χ0v) is 18.9. The van der Waals surface area contributed by atoms with Crippen molar-refractivity contribution in [1.82, 2.24) is 13.1 Å². The lowest BCUT2D eigenvalue weighted by molar-refractivity contribution is 0.102. The molecule has 0 saturated carbocycles. The second-order valence-corrected chi connectivity index (χ2v) is 10.3. The van der Waals surface area contributed by atoms with E-state index in [1.807, 2.05) is 25.1 Å². The molecule has 7 nitrogen and oxygen atoms in total. The van der Waals surface area contributed by atoms with Gasteiger partial charge in [0, 0.05) is 24.3 Å². The van der Waals surface area contributed by atoms with E-state index in [-0.39, 0.29) is 12.5 Å². The van der Waals surface area contributed by atoms with Crippen LogP contribution in [0.1, 0.15) is 27.0 Å². The molecule has 4 aromatic rings. The van der Waals surface area contributed by atoms with Gasteiger partial charge in [-0.25, -0.2) is 8.42 Å². The molecule has 0 atom stereocenters. The number of fused-ring (bicyclic) bond motifs is 2. The first-order valence-electron chi connectivity index (χ1n) is 10.1. The van der Waals surface area contributed by atoms with E-state index < -0.39 is 10.0 Å². The largest absolute Gasteiger partial charge is 0.322 e. The third-order valence-electron chi connectivity index (χ3n) is 5.62. The van der Waals surface area contributed by atoms with Crippen molar-refractivity contribution in [2.24, 2.45) is 0 Å². The molecule has 5 rings (SSSR count). The molecule has 0 fully saturated rings. The van der Waals surface area contributed by atoms with Gasteiger partial charge in [0.25, 0.3) is 5.91 Å². The van der Waals surface area contributed by atoms with E-state index in [4.69, 9.17) is 0 Å². The standard InChI is InChI=1S/C23H20N4O3S2/c1-15-2-7-20(8-3-15)32(29,30)27-11-10-16-4-6-19(12-18(16)14-27)24-23(28)17-5-9-21-22(13-17)26-31-25-21/h2-9,12-13H,10-11,14H2,1H3,(H,24,28). The molecule has 1 N–H and O–H groups in total. The van der Waals surface area contributed by atoms with Crippen LogP contribution >= 0.6 is 11.7 Å². The maximum atomic E-state index is 13.1. The molecular weight excluding hydrogens is 444 g/mol. The molecule has 1 aliphatic rings. The first-order chi connectivity index (χ1) is 15.4. The van der Waals surface area contributed by atoms with Crippen molar-refractivity contribution in [3.8, 4) is 0 Å². The van der Waals surface area contributed by atoms with Gasteiger partial charge >= 0.3 is 0 Å². The summed E-state index contributed by atoms with van der Waals surface area (Å²) in [6, 6.07) is 17.8. The predicted molar refractivity (Wildman–Crippen MR) is 124 cm³/mol. The molecule has 3 aromatic carbocycles. The minimum atomic E-state index is -3.58. The Morgan fingerprint density at radius 3 is 2.56 bits per heavy atom. The molecule has 1 aromatic heterocycles. The zero-order valence-electron chi connectivity index (χ0n) is 17.3. The molecule has 0 radical (unpaired) electrons. The number of carbonyl (C=O) groups excluding carboxylic acids is 1. The van der Waals surface area contributed by atoms with E-state index in [1.165, 1.54) is 4.31 Å². The average Bonchev–Trinajstić information content (AvgIpc) is 3.27. The van der Waals surface area contributed by atoms with Gasteiger partial charge in [0.2, 0.25) is 10.0 Å². The smallest absolute Gasteiger partial charge is 0.255 e. The van der Waals surface area contributed by atoms with Crippen LogP contribution in [0.4, 0.5) is 5.69 Å². The van der Waals surface area contributed by atoms with Crippen molar-refractivity contribution < 1.29 is 13.2 Å². The monoisotopic (exact) mass is 464 g/mol. The Kier molecular flexibility index (Phi) is 5.24. The fourth-order valence-electron chi connectivity index (χ4n) is 3.80. The molecule has 9 heteroatoms. The van der Waals surface area contributed by atoms with Crippen molar-refractivity contribution >= 4 is 44.4 Å². The Labute approximate surface area is 190 Å². The van der Waals surface area contributed by atoms with Crippen molar-refractivity contribution in [2.45, 2.75) is 24.8 Å². The predicted octanol–water partition coefficient (Wildman–Crippen LogP) is 4.00. The first kappa shape index (κ1) is 20.7. The maximum Gasteiger partial charge on any atom is 0.255 e. The molecular formula is C23H20N4O3S2. The highest BCUT2D eigenvalue weighted by molar-refractivity contribution is 7.89. The molecule has 162 valence electrons. The summed E-state index contributed by atoms with van der Waals surface area (Å²) < 4.78 is 36.0. The fourth-order valence-corrected chi connectivity index (χ4v) is 5.74. The highest BCUT2D eigenvalue weighted by Gasteiger charge is 2.28. The van der Waals surface area contributed by atoms with E-state index >= 15 is 0 Å². The number of hydrogen-bond donors (Lipinski definition) is 1. The molecule has 0 unspecified atom stereocenters. The summed E-state index contributed by atoms with van der Waals surface area (Å²) >= 11 is 1.11. The van der Waals surface area contributed by atoms with Crippen molar-refractivity contribution in [3.05, 3.63) is 82.9 Å². The van der Waals surface area contributed by atoms with Crippen LogP contribution in [0.15, 0.2) is 65.6 Å². The number of aryl methyl sites for hydroxylation is 1. The molecule has 2 heterocycles. The van der Waals surface area contributed by atoms with Crippen LogP contribution in [0.5, 0.6) is 0 Å². The topological polar surface area (TPSA) is 92.3 Å². The molecule has 0 saturated heterocycles. The molecule has 0 aliphatic carbocycles. The lowest BCUT2D eigenvalue weighted by atomic mass is 10.0. The van der Waals surface area contributed by atoms with Gasteiger partial charge in [-0.1, -0.05) is 23.8 Å². The Bertz CT molecular complexity index is 1430. The number of sulfonamides is 1. The van der Waals surface area contributed by atoms with E-state index in [1.54, 1.807) is 42.5 Å². The summed E-state index contributed by atoms with van der Waals surface area (Å²) in [6.45, 7) is 2.62. The van der Waals surface area contributed by atoms with Gasteiger partial charge in [-0.3, -0.25) is 4.79 Å². The molecule has 1 aliphatic heterocycles. The van der Waals surface area contributed by atoms with Gasteiger partial charge in [-0.15, -0.1) is 0 Å². The van der Waals surface area contributed by atoms with Gasteiger partial charge in [-0.2, -0.15) is 13.1 Å². The number of benzene rings is 3. The normalized spacial score (nSPS) is 14.3. The Hall–Kier alpha value is -3.14. The number of rotatable bonds is 4. The second kappa shape index (κ2) is 8.09. The zero-order chi connectivity index (χ0) is 22.3. The minimum Gasteiger partial charge on any atom is -0.322 e. The van der Waals surface area contributed by atoms with Crippen LogP contribution in [0.2, 0.25) is 0 Å². The van der Waals surface area contributed by atoms with Crippen LogP contribution in [0.25, 0.3) is 11.0 Å². The van der Waals surface area contributed by atoms with Gasteiger partial charge in [0.05, 0.1) is 16.6 Å². The van der Waals surface area contributed by atoms with Crippen molar-refractivity contribution in [3.63, 3.8) is 0 Å². The SMILES string of the molecule is Cc1ccc(S(=O)(=O)N2CCc3ccc(NC(=O)c4ccc5nsnc5c4)cc3C2)cc1. The Morgan fingerprint density at radius 2 is 1.75 bits per heavy atom. The lowest BCUT2D eigenvalue weighted by Gasteiger charge is -2.28. The van der Waals surface area contributed by atoms with E-state index in [0.717, 1.165) is 33.9 Å². The van der Waals surface area contributed by atoms with E-state index in [9.17, 15) is 13.2 Å². The summed E-state index contributed by atoms with van der Waals surface area (Å²) in [4.78, 5) is 13.0. The maximum absolute atomic E-state index is 13.1. The van der Waals surface area contributed by atoms with Crippen LogP contribution in [-0.2, 0) is 23.0 Å². The van der Waals surface area contributed by atoms with Crippen LogP contribution < -0.4 is 5.32 Å². The van der Waals surface area contributed by atoms with Gasteiger partial charge in [0.1, 0.15) is 11.0 Å². The third kappa shape index (κ3) is 3.90. The average molecular weight is 465 g/mol. The van der Waals surface area contributed by atoms with Crippen LogP contribution in [-0.4, -0.2) is 33.9 Å². The summed E-state index contributed by atoms with van der Waals surface area (Å²) in [7, 11) is -3.58. The lowest BCUT2D eigenvalue weighted by Crippen LogP contribution is -2.36. The molecule has 1 amide bonds. The molecule has 0 spiro atoms. The number of aromatic nitrogens is 2. The highest BCUT2D eigenvalue weighted by Crippen LogP contribution is 2.27. The van der Waals surface area contributed by atoms with Crippen molar-refractivity contribution in [2.75, 3.05) is 11.9 Å². The second-order valence-electron chi connectivity index (χ2n) is 7.81. The van der Waals surface area contributed by atoms with E-state index in [2.05, 4.69) is 14.1 Å². The molecule has 32 heavy (non-hydrogen) atoms. The quantitative estimate of drug-likeness (QED) is 0.493. The third-order valence-corrected chi connectivity index (χ3v) is 8.03. The number of anilines is 1. The number of nitrogens with zero attached hydrogens (tertiary/aromatic N) is 3. The summed E-state index contributed by atoms with van der Waals surface area (Å²) in [5.74, 6) is -0.250. The van der Waals surface area contributed by atoms with Crippen LogP contribution in [0.3, 0.4) is 0 Å². The number of carbonyl (C=O) groups is 1. The van der Waals surface area contributed by atoms with Gasteiger partial charge in [0.15, 0.2) is 0 Å².